The van der Waals surface area contributed by atoms with E-state index in [-0.39, 0.29) is 24.0 Å². The van der Waals surface area contributed by atoms with Crippen LogP contribution in [0.5, 0.6) is 0 Å². The van der Waals surface area contributed by atoms with Crippen LogP contribution >= 0.6 is 24.0 Å². The molecule has 0 spiro atoms. The first-order chi connectivity index (χ1) is 10.9. The fourth-order valence-electron chi connectivity index (χ4n) is 2.69. The molecule has 0 radical (unpaired) electrons. The number of para-hydroxylation sites is 1. The van der Waals surface area contributed by atoms with Gasteiger partial charge in [-0.3, -0.25) is 4.99 Å². The molecule has 122 valence electrons. The predicted molar refractivity (Wildman–Crippen MR) is 107 cm³/mol. The fraction of sp³-hybridized carbons (Fsp3) is 0.294. The molecule has 5 nitrogen and oxygen atoms in total. The number of hydrogen-bond acceptors (Lipinski definition) is 3. The summed E-state index contributed by atoms with van der Waals surface area (Å²) in [6, 6.07) is 14.4. The van der Waals surface area contributed by atoms with Crippen molar-refractivity contribution in [3.8, 4) is 0 Å². The minimum absolute atomic E-state index is 0. The maximum absolute atomic E-state index is 4.40. The smallest absolute Gasteiger partial charge is 0.198 e. The van der Waals surface area contributed by atoms with Gasteiger partial charge in [-0.2, -0.15) is 0 Å². The Morgan fingerprint density at radius 3 is 2.78 bits per heavy atom. The fourth-order valence-corrected chi connectivity index (χ4v) is 2.69. The Hall–Kier alpha value is -1.83. The molecule has 0 saturated carbocycles. The first-order valence-corrected chi connectivity index (χ1v) is 7.59. The number of fused-ring (bicyclic) bond motifs is 1. The van der Waals surface area contributed by atoms with Crippen LogP contribution in [0.2, 0.25) is 0 Å². The van der Waals surface area contributed by atoms with Crippen molar-refractivity contribution < 1.29 is 0 Å². The van der Waals surface area contributed by atoms with Gasteiger partial charge in [0.1, 0.15) is 5.82 Å². The molecule has 1 aliphatic rings. The second-order valence-electron chi connectivity index (χ2n) is 5.15. The van der Waals surface area contributed by atoms with Gasteiger partial charge < -0.3 is 15.5 Å². The van der Waals surface area contributed by atoms with Crippen molar-refractivity contribution in [1.29, 1.82) is 0 Å². The van der Waals surface area contributed by atoms with Crippen LogP contribution in [-0.4, -0.2) is 37.6 Å². The molecule has 2 heterocycles. The van der Waals surface area contributed by atoms with Gasteiger partial charge >= 0.3 is 0 Å². The number of benzene rings is 1. The average molecular weight is 423 g/mol. The second-order valence-corrected chi connectivity index (χ2v) is 5.15. The Bertz CT molecular complexity index is 644. The third kappa shape index (κ3) is 4.34. The Kier molecular flexibility index (Phi) is 6.64. The van der Waals surface area contributed by atoms with Gasteiger partial charge in [0.25, 0.3) is 0 Å². The van der Waals surface area contributed by atoms with E-state index >= 15 is 0 Å². The topological polar surface area (TPSA) is 52.6 Å². The molecule has 1 aliphatic heterocycles. The second kappa shape index (κ2) is 8.71. The highest BCUT2D eigenvalue weighted by Crippen LogP contribution is 2.27. The van der Waals surface area contributed by atoms with Gasteiger partial charge in [0.15, 0.2) is 5.96 Å². The monoisotopic (exact) mass is 423 g/mol. The summed E-state index contributed by atoms with van der Waals surface area (Å²) in [4.78, 5) is 10.9. The van der Waals surface area contributed by atoms with E-state index < -0.39 is 0 Å². The number of hydrogen-bond donors (Lipinski definition) is 2. The van der Waals surface area contributed by atoms with Crippen LogP contribution in [0.25, 0.3) is 0 Å². The van der Waals surface area contributed by atoms with Gasteiger partial charge in [0, 0.05) is 38.6 Å². The number of anilines is 2. The zero-order chi connectivity index (χ0) is 15.2. The molecule has 1 aromatic heterocycles. The van der Waals surface area contributed by atoms with Crippen LogP contribution < -0.4 is 15.5 Å². The molecule has 0 bridgehead atoms. The zero-order valence-corrected chi connectivity index (χ0v) is 15.5. The maximum atomic E-state index is 4.40. The van der Waals surface area contributed by atoms with E-state index in [1.807, 2.05) is 25.2 Å². The molecular formula is C17H22IN5. The number of rotatable bonds is 4. The summed E-state index contributed by atoms with van der Waals surface area (Å²) in [5.41, 5.74) is 2.64. The molecule has 0 amide bonds. The molecule has 0 aliphatic carbocycles. The molecule has 0 saturated heterocycles. The van der Waals surface area contributed by atoms with Gasteiger partial charge in [-0.05, 0) is 30.2 Å². The third-order valence-electron chi connectivity index (χ3n) is 3.73. The lowest BCUT2D eigenvalue weighted by Gasteiger charge is -2.22. The Balaban J connectivity index is 0.00000192. The van der Waals surface area contributed by atoms with Crippen LogP contribution in [0.15, 0.2) is 53.7 Å². The van der Waals surface area contributed by atoms with E-state index in [1.165, 1.54) is 11.3 Å². The van der Waals surface area contributed by atoms with E-state index in [4.69, 9.17) is 0 Å². The van der Waals surface area contributed by atoms with Crippen molar-refractivity contribution >= 4 is 41.4 Å². The van der Waals surface area contributed by atoms with E-state index in [0.717, 1.165) is 37.8 Å². The number of halogens is 1. The van der Waals surface area contributed by atoms with Gasteiger partial charge in [-0.1, -0.05) is 24.3 Å². The Morgan fingerprint density at radius 1 is 1.17 bits per heavy atom. The van der Waals surface area contributed by atoms with E-state index in [0.29, 0.717) is 0 Å². The van der Waals surface area contributed by atoms with Crippen LogP contribution in [0.1, 0.15) is 5.56 Å². The largest absolute Gasteiger partial charge is 0.368 e. The highest BCUT2D eigenvalue weighted by molar-refractivity contribution is 14.0. The summed E-state index contributed by atoms with van der Waals surface area (Å²) >= 11 is 0. The predicted octanol–water partition coefficient (Wildman–Crippen LogP) is 2.75. The summed E-state index contributed by atoms with van der Waals surface area (Å²) in [5, 5.41) is 6.69. The highest BCUT2D eigenvalue weighted by Gasteiger charge is 2.21. The van der Waals surface area contributed by atoms with Crippen molar-refractivity contribution in [2.75, 3.05) is 36.9 Å². The SMILES string of the molecule is CN=C(NCCNc1ccccn1)N1CCc2ccccc21.I. The average Bonchev–Trinajstić information content (AvgIpc) is 3.00. The maximum Gasteiger partial charge on any atom is 0.198 e. The third-order valence-corrected chi connectivity index (χ3v) is 3.73. The first kappa shape index (κ1) is 17.5. The molecule has 3 rings (SSSR count). The molecule has 0 atom stereocenters. The number of nitrogens with zero attached hydrogens (tertiary/aromatic N) is 3. The lowest BCUT2D eigenvalue weighted by molar-refractivity contribution is 0.864. The summed E-state index contributed by atoms with van der Waals surface area (Å²) in [6.07, 6.45) is 2.86. The van der Waals surface area contributed by atoms with Crippen LogP contribution in [-0.2, 0) is 6.42 Å². The van der Waals surface area contributed by atoms with E-state index in [2.05, 4.69) is 49.8 Å². The van der Waals surface area contributed by atoms with Gasteiger partial charge in [0.2, 0.25) is 0 Å². The molecular weight excluding hydrogens is 401 g/mol. The minimum atomic E-state index is 0. The minimum Gasteiger partial charge on any atom is -0.368 e. The number of aliphatic imine (C=N–C) groups is 1. The standard InChI is InChI=1S/C17H21N5.HI/c1-18-17(21-12-11-20-16-8-4-5-10-19-16)22-13-9-14-6-2-3-7-15(14)22;/h2-8,10H,9,11-13H2,1H3,(H,18,21)(H,19,20);1H. The Labute approximate surface area is 154 Å². The van der Waals surface area contributed by atoms with Crippen molar-refractivity contribution in [2.45, 2.75) is 6.42 Å². The van der Waals surface area contributed by atoms with Crippen molar-refractivity contribution in [3.05, 3.63) is 54.2 Å². The molecule has 2 N–H and O–H groups in total. The zero-order valence-electron chi connectivity index (χ0n) is 13.2. The van der Waals surface area contributed by atoms with Gasteiger partial charge in [-0.15, -0.1) is 24.0 Å². The molecule has 2 aromatic rings. The number of guanidine groups is 1. The van der Waals surface area contributed by atoms with E-state index in [1.54, 1.807) is 6.20 Å². The molecule has 23 heavy (non-hydrogen) atoms. The van der Waals surface area contributed by atoms with Gasteiger partial charge in [-0.25, -0.2) is 4.98 Å². The van der Waals surface area contributed by atoms with Crippen molar-refractivity contribution in [1.82, 2.24) is 10.3 Å². The first-order valence-electron chi connectivity index (χ1n) is 7.59. The lowest BCUT2D eigenvalue weighted by Crippen LogP contribution is -2.42. The molecule has 0 fully saturated rings. The quantitative estimate of drug-likeness (QED) is 0.344. The van der Waals surface area contributed by atoms with Gasteiger partial charge in [0.05, 0.1) is 0 Å². The van der Waals surface area contributed by atoms with Crippen LogP contribution in [0, 0.1) is 0 Å². The number of nitrogens with one attached hydrogen (secondary N) is 2. The van der Waals surface area contributed by atoms with E-state index in [9.17, 15) is 0 Å². The molecule has 0 unspecified atom stereocenters. The normalized spacial score (nSPS) is 13.3. The molecule has 6 heteroatoms. The van der Waals surface area contributed by atoms with Crippen molar-refractivity contribution in [2.24, 2.45) is 4.99 Å². The molecule has 1 aromatic carbocycles. The number of pyridine rings is 1. The summed E-state index contributed by atoms with van der Waals surface area (Å²) in [6.45, 7) is 2.57. The van der Waals surface area contributed by atoms with Crippen LogP contribution in [0.3, 0.4) is 0 Å². The van der Waals surface area contributed by atoms with Crippen LogP contribution in [0.4, 0.5) is 11.5 Å². The summed E-state index contributed by atoms with van der Waals surface area (Å²) < 4.78 is 0. The van der Waals surface area contributed by atoms with Crippen molar-refractivity contribution in [3.63, 3.8) is 0 Å². The Morgan fingerprint density at radius 2 is 2.00 bits per heavy atom. The highest BCUT2D eigenvalue weighted by atomic mass is 127. The summed E-state index contributed by atoms with van der Waals surface area (Å²) in [7, 11) is 1.83. The lowest BCUT2D eigenvalue weighted by atomic mass is 10.2. The number of aromatic nitrogens is 1. The summed E-state index contributed by atoms with van der Waals surface area (Å²) in [5.74, 6) is 1.82.